The van der Waals surface area contributed by atoms with Crippen LogP contribution in [-0.4, -0.2) is 29.0 Å². The highest BCUT2D eigenvalue weighted by molar-refractivity contribution is 5.95. The zero-order valence-corrected chi connectivity index (χ0v) is 10.3. The quantitative estimate of drug-likeness (QED) is 0.877. The third-order valence-electron chi connectivity index (χ3n) is 2.67. The SMILES string of the molecule is CNC(=O)c1cccc(-c2ccc(C(=O)O)nc2)c1. The van der Waals surface area contributed by atoms with Gasteiger partial charge >= 0.3 is 5.97 Å². The zero-order valence-electron chi connectivity index (χ0n) is 10.3. The summed E-state index contributed by atoms with van der Waals surface area (Å²) in [6, 6.07) is 10.1. The molecule has 96 valence electrons. The smallest absolute Gasteiger partial charge is 0.354 e. The van der Waals surface area contributed by atoms with E-state index >= 15 is 0 Å². The summed E-state index contributed by atoms with van der Waals surface area (Å²) in [4.78, 5) is 26.1. The summed E-state index contributed by atoms with van der Waals surface area (Å²) in [5.41, 5.74) is 2.11. The minimum atomic E-state index is -1.06. The molecule has 2 rings (SSSR count). The van der Waals surface area contributed by atoms with Crippen LogP contribution in [0.2, 0.25) is 0 Å². The number of carboxylic acids is 1. The number of carbonyl (C=O) groups is 2. The van der Waals surface area contributed by atoms with E-state index in [0.717, 1.165) is 11.1 Å². The van der Waals surface area contributed by atoms with E-state index in [1.807, 2.05) is 6.07 Å². The van der Waals surface area contributed by atoms with Crippen LogP contribution in [0, 0.1) is 0 Å². The molecule has 1 aromatic carbocycles. The largest absolute Gasteiger partial charge is 0.477 e. The summed E-state index contributed by atoms with van der Waals surface area (Å²) in [7, 11) is 1.57. The Morgan fingerprint density at radius 1 is 1.16 bits per heavy atom. The number of nitrogens with one attached hydrogen (secondary N) is 1. The fourth-order valence-electron chi connectivity index (χ4n) is 1.68. The monoisotopic (exact) mass is 256 g/mol. The van der Waals surface area contributed by atoms with Gasteiger partial charge in [-0.25, -0.2) is 9.78 Å². The molecular weight excluding hydrogens is 244 g/mol. The average Bonchev–Trinajstić information content (AvgIpc) is 2.46. The van der Waals surface area contributed by atoms with Gasteiger partial charge in [0.15, 0.2) is 0 Å². The van der Waals surface area contributed by atoms with Gasteiger partial charge in [-0.2, -0.15) is 0 Å². The van der Waals surface area contributed by atoms with Crippen LogP contribution in [0.5, 0.6) is 0 Å². The molecule has 0 radical (unpaired) electrons. The Kier molecular flexibility index (Phi) is 3.56. The van der Waals surface area contributed by atoms with Crippen molar-refractivity contribution in [2.24, 2.45) is 0 Å². The number of nitrogens with zero attached hydrogens (tertiary/aromatic N) is 1. The first-order chi connectivity index (χ1) is 9.11. The van der Waals surface area contributed by atoms with Crippen LogP contribution in [-0.2, 0) is 0 Å². The zero-order chi connectivity index (χ0) is 13.8. The number of aromatic carboxylic acids is 1. The molecule has 2 N–H and O–H groups in total. The number of carboxylic acid groups (broad SMARTS) is 1. The molecule has 1 heterocycles. The van der Waals surface area contributed by atoms with Crippen molar-refractivity contribution >= 4 is 11.9 Å². The van der Waals surface area contributed by atoms with Crippen molar-refractivity contribution in [2.45, 2.75) is 0 Å². The first-order valence-electron chi connectivity index (χ1n) is 5.63. The fraction of sp³-hybridized carbons (Fsp3) is 0.0714. The Bertz CT molecular complexity index is 621. The van der Waals surface area contributed by atoms with E-state index in [1.54, 1.807) is 31.3 Å². The number of amides is 1. The molecule has 0 fully saturated rings. The minimum Gasteiger partial charge on any atom is -0.477 e. The average molecular weight is 256 g/mol. The Morgan fingerprint density at radius 2 is 1.95 bits per heavy atom. The second-order valence-corrected chi connectivity index (χ2v) is 3.90. The Hall–Kier alpha value is -2.69. The normalized spacial score (nSPS) is 9.95. The van der Waals surface area contributed by atoms with E-state index in [4.69, 9.17) is 5.11 Å². The number of hydrogen-bond acceptors (Lipinski definition) is 3. The maximum absolute atomic E-state index is 11.5. The molecule has 19 heavy (non-hydrogen) atoms. The standard InChI is InChI=1S/C14H12N2O3/c1-15-13(17)10-4-2-3-9(7-10)11-5-6-12(14(18)19)16-8-11/h2-8H,1H3,(H,15,17)(H,18,19). The van der Waals surface area contributed by atoms with Gasteiger partial charge in [-0.05, 0) is 23.8 Å². The topological polar surface area (TPSA) is 79.3 Å². The molecule has 0 aliphatic heterocycles. The van der Waals surface area contributed by atoms with Crippen molar-refractivity contribution in [3.05, 3.63) is 53.9 Å². The second-order valence-electron chi connectivity index (χ2n) is 3.90. The van der Waals surface area contributed by atoms with Gasteiger partial charge in [0.25, 0.3) is 5.91 Å². The predicted molar refractivity (Wildman–Crippen MR) is 70.0 cm³/mol. The molecule has 0 atom stereocenters. The van der Waals surface area contributed by atoms with Crippen molar-refractivity contribution < 1.29 is 14.7 Å². The van der Waals surface area contributed by atoms with Crippen LogP contribution >= 0.6 is 0 Å². The molecule has 1 aromatic heterocycles. The summed E-state index contributed by atoms with van der Waals surface area (Å²) < 4.78 is 0. The van der Waals surface area contributed by atoms with Crippen LogP contribution in [0.1, 0.15) is 20.8 Å². The molecule has 0 saturated heterocycles. The number of carbonyl (C=O) groups excluding carboxylic acids is 1. The van der Waals surface area contributed by atoms with Gasteiger partial charge in [0.05, 0.1) is 0 Å². The summed E-state index contributed by atoms with van der Waals surface area (Å²) in [6.45, 7) is 0. The predicted octanol–water partition coefficient (Wildman–Crippen LogP) is 1.81. The van der Waals surface area contributed by atoms with Crippen LogP contribution in [0.25, 0.3) is 11.1 Å². The Balaban J connectivity index is 2.36. The van der Waals surface area contributed by atoms with Crippen LogP contribution in [0.3, 0.4) is 0 Å². The van der Waals surface area contributed by atoms with E-state index < -0.39 is 5.97 Å². The third-order valence-corrected chi connectivity index (χ3v) is 2.67. The van der Waals surface area contributed by atoms with Gasteiger partial charge in [0.1, 0.15) is 5.69 Å². The lowest BCUT2D eigenvalue weighted by Crippen LogP contribution is -2.17. The lowest BCUT2D eigenvalue weighted by molar-refractivity contribution is 0.0690. The van der Waals surface area contributed by atoms with Crippen LogP contribution in [0.4, 0.5) is 0 Å². The molecule has 0 aliphatic carbocycles. The lowest BCUT2D eigenvalue weighted by atomic mass is 10.0. The molecule has 0 spiro atoms. The van der Waals surface area contributed by atoms with E-state index in [-0.39, 0.29) is 11.6 Å². The Labute approximate surface area is 109 Å². The summed E-state index contributed by atoms with van der Waals surface area (Å²) in [5, 5.41) is 11.3. The van der Waals surface area contributed by atoms with E-state index in [0.29, 0.717) is 5.56 Å². The summed E-state index contributed by atoms with van der Waals surface area (Å²) in [6.07, 6.45) is 1.48. The van der Waals surface area contributed by atoms with Crippen LogP contribution < -0.4 is 5.32 Å². The van der Waals surface area contributed by atoms with Gasteiger partial charge in [0.2, 0.25) is 0 Å². The van der Waals surface area contributed by atoms with Crippen molar-refractivity contribution in [1.82, 2.24) is 10.3 Å². The van der Waals surface area contributed by atoms with Gasteiger partial charge in [-0.3, -0.25) is 4.79 Å². The second kappa shape index (κ2) is 5.30. The molecule has 5 nitrogen and oxygen atoms in total. The van der Waals surface area contributed by atoms with E-state index in [2.05, 4.69) is 10.3 Å². The highest BCUT2D eigenvalue weighted by Crippen LogP contribution is 2.19. The fourth-order valence-corrected chi connectivity index (χ4v) is 1.68. The molecule has 5 heteroatoms. The molecule has 2 aromatic rings. The van der Waals surface area contributed by atoms with Gasteiger partial charge in [0, 0.05) is 24.4 Å². The third kappa shape index (κ3) is 2.77. The molecular formula is C14H12N2O3. The summed E-state index contributed by atoms with van der Waals surface area (Å²) in [5.74, 6) is -1.23. The van der Waals surface area contributed by atoms with Crippen molar-refractivity contribution in [3.63, 3.8) is 0 Å². The van der Waals surface area contributed by atoms with Crippen molar-refractivity contribution in [3.8, 4) is 11.1 Å². The minimum absolute atomic E-state index is 0.00814. The molecule has 0 saturated carbocycles. The van der Waals surface area contributed by atoms with Gasteiger partial charge < -0.3 is 10.4 Å². The number of hydrogen-bond donors (Lipinski definition) is 2. The Morgan fingerprint density at radius 3 is 2.53 bits per heavy atom. The maximum atomic E-state index is 11.5. The molecule has 1 amide bonds. The number of benzene rings is 1. The van der Waals surface area contributed by atoms with Crippen molar-refractivity contribution in [2.75, 3.05) is 7.05 Å². The van der Waals surface area contributed by atoms with E-state index in [9.17, 15) is 9.59 Å². The maximum Gasteiger partial charge on any atom is 0.354 e. The first-order valence-corrected chi connectivity index (χ1v) is 5.63. The van der Waals surface area contributed by atoms with Gasteiger partial charge in [-0.15, -0.1) is 0 Å². The van der Waals surface area contributed by atoms with E-state index in [1.165, 1.54) is 12.3 Å². The van der Waals surface area contributed by atoms with Gasteiger partial charge in [-0.1, -0.05) is 18.2 Å². The lowest BCUT2D eigenvalue weighted by Gasteiger charge is -2.04. The highest BCUT2D eigenvalue weighted by Gasteiger charge is 2.07. The first kappa shape index (κ1) is 12.8. The molecule has 0 bridgehead atoms. The number of aromatic nitrogens is 1. The summed E-state index contributed by atoms with van der Waals surface area (Å²) >= 11 is 0. The molecule has 0 aliphatic rings. The number of rotatable bonds is 3. The number of pyridine rings is 1. The highest BCUT2D eigenvalue weighted by atomic mass is 16.4. The molecule has 0 unspecified atom stereocenters. The van der Waals surface area contributed by atoms with Crippen molar-refractivity contribution in [1.29, 1.82) is 0 Å². The van der Waals surface area contributed by atoms with Crippen LogP contribution in [0.15, 0.2) is 42.6 Å².